The van der Waals surface area contributed by atoms with Gasteiger partial charge in [0.15, 0.2) is 5.82 Å². The molecule has 3 heterocycles. The molecule has 0 atom stereocenters. The molecular formula is C20H24N6O. The van der Waals surface area contributed by atoms with E-state index in [2.05, 4.69) is 43.1 Å². The summed E-state index contributed by atoms with van der Waals surface area (Å²) in [7, 11) is 1.69. The molecule has 140 valence electrons. The Morgan fingerprint density at radius 3 is 2.15 bits per heavy atom. The van der Waals surface area contributed by atoms with Gasteiger partial charge >= 0.3 is 0 Å². The van der Waals surface area contributed by atoms with Crippen LogP contribution in [0.5, 0.6) is 5.75 Å². The lowest BCUT2D eigenvalue weighted by atomic mass is 10.2. The second kappa shape index (κ2) is 7.26. The SMILES string of the molecule is COc1ccc(N2CCN(c3cc(-n4nc(C)cc4C)ncn3)CC2)cc1. The van der Waals surface area contributed by atoms with Gasteiger partial charge in [-0.15, -0.1) is 0 Å². The summed E-state index contributed by atoms with van der Waals surface area (Å²) in [6.45, 7) is 7.76. The van der Waals surface area contributed by atoms with Gasteiger partial charge in [-0.2, -0.15) is 5.10 Å². The van der Waals surface area contributed by atoms with Crippen LogP contribution in [0.3, 0.4) is 0 Å². The molecule has 2 aromatic heterocycles. The number of hydrogen-bond acceptors (Lipinski definition) is 6. The van der Waals surface area contributed by atoms with Crippen molar-refractivity contribution in [3.63, 3.8) is 0 Å². The smallest absolute Gasteiger partial charge is 0.159 e. The first-order valence-corrected chi connectivity index (χ1v) is 9.13. The second-order valence-corrected chi connectivity index (χ2v) is 6.75. The number of rotatable bonds is 4. The average molecular weight is 364 g/mol. The number of ether oxygens (including phenoxy) is 1. The molecular weight excluding hydrogens is 340 g/mol. The zero-order valence-corrected chi connectivity index (χ0v) is 16.0. The number of aryl methyl sites for hydroxylation is 2. The fourth-order valence-electron chi connectivity index (χ4n) is 3.47. The Morgan fingerprint density at radius 2 is 1.52 bits per heavy atom. The maximum absolute atomic E-state index is 5.24. The monoisotopic (exact) mass is 364 g/mol. The Bertz CT molecular complexity index is 912. The number of aromatic nitrogens is 4. The van der Waals surface area contributed by atoms with Gasteiger partial charge in [0.05, 0.1) is 12.8 Å². The summed E-state index contributed by atoms with van der Waals surface area (Å²) >= 11 is 0. The molecule has 0 saturated carbocycles. The molecule has 27 heavy (non-hydrogen) atoms. The molecule has 1 fully saturated rings. The van der Waals surface area contributed by atoms with Gasteiger partial charge in [0.25, 0.3) is 0 Å². The van der Waals surface area contributed by atoms with E-state index in [-0.39, 0.29) is 0 Å². The van der Waals surface area contributed by atoms with Crippen LogP contribution in [0.15, 0.2) is 42.7 Å². The Kier molecular flexibility index (Phi) is 4.66. The van der Waals surface area contributed by atoms with Crippen LogP contribution in [0.25, 0.3) is 5.82 Å². The zero-order chi connectivity index (χ0) is 18.8. The lowest BCUT2D eigenvalue weighted by Crippen LogP contribution is -2.46. The van der Waals surface area contributed by atoms with Gasteiger partial charge < -0.3 is 14.5 Å². The van der Waals surface area contributed by atoms with Crippen molar-refractivity contribution >= 4 is 11.5 Å². The highest BCUT2D eigenvalue weighted by Crippen LogP contribution is 2.22. The standard InChI is InChI=1S/C20H24N6O/c1-15-12-16(2)26(23-15)20-13-19(21-14-22-20)25-10-8-24(9-11-25)17-4-6-18(27-3)7-5-17/h4-7,12-14H,8-11H2,1-3H3. The van der Waals surface area contributed by atoms with E-state index in [4.69, 9.17) is 4.74 Å². The number of nitrogens with zero attached hydrogens (tertiary/aromatic N) is 6. The molecule has 0 bridgehead atoms. The van der Waals surface area contributed by atoms with Crippen LogP contribution < -0.4 is 14.5 Å². The van der Waals surface area contributed by atoms with E-state index in [0.717, 1.165) is 55.0 Å². The van der Waals surface area contributed by atoms with Crippen LogP contribution in [0, 0.1) is 13.8 Å². The molecule has 7 nitrogen and oxygen atoms in total. The first-order valence-electron chi connectivity index (χ1n) is 9.13. The lowest BCUT2D eigenvalue weighted by molar-refractivity contribution is 0.415. The van der Waals surface area contributed by atoms with Crippen molar-refractivity contribution in [3.8, 4) is 11.6 Å². The maximum Gasteiger partial charge on any atom is 0.159 e. The largest absolute Gasteiger partial charge is 0.497 e. The molecule has 0 radical (unpaired) electrons. The molecule has 3 aromatic rings. The Labute approximate surface area is 159 Å². The van der Waals surface area contributed by atoms with Gasteiger partial charge in [0, 0.05) is 43.6 Å². The summed E-state index contributed by atoms with van der Waals surface area (Å²) in [6, 6.07) is 12.3. The van der Waals surface area contributed by atoms with E-state index in [1.165, 1.54) is 5.69 Å². The number of benzene rings is 1. The van der Waals surface area contributed by atoms with Crippen LogP contribution >= 0.6 is 0 Å². The van der Waals surface area contributed by atoms with Crippen molar-refractivity contribution in [2.45, 2.75) is 13.8 Å². The van der Waals surface area contributed by atoms with Gasteiger partial charge in [-0.05, 0) is 44.2 Å². The van der Waals surface area contributed by atoms with Crippen LogP contribution in [-0.2, 0) is 0 Å². The van der Waals surface area contributed by atoms with Crippen LogP contribution in [0.4, 0.5) is 11.5 Å². The van der Waals surface area contributed by atoms with E-state index in [1.807, 2.05) is 36.7 Å². The summed E-state index contributed by atoms with van der Waals surface area (Å²) in [5.41, 5.74) is 3.28. The highest BCUT2D eigenvalue weighted by molar-refractivity contribution is 5.52. The quantitative estimate of drug-likeness (QED) is 0.709. The predicted octanol–water partition coefficient (Wildman–Crippen LogP) is 2.61. The van der Waals surface area contributed by atoms with E-state index in [9.17, 15) is 0 Å². The van der Waals surface area contributed by atoms with Gasteiger partial charge in [0.2, 0.25) is 0 Å². The summed E-state index contributed by atoms with van der Waals surface area (Å²) in [5, 5.41) is 4.52. The first-order chi connectivity index (χ1) is 13.1. The van der Waals surface area contributed by atoms with Crippen molar-refractivity contribution in [1.82, 2.24) is 19.7 Å². The van der Waals surface area contributed by atoms with Crippen LogP contribution in [0.1, 0.15) is 11.4 Å². The minimum Gasteiger partial charge on any atom is -0.497 e. The Balaban J connectivity index is 1.46. The molecule has 0 spiro atoms. The van der Waals surface area contributed by atoms with Crippen LogP contribution in [-0.4, -0.2) is 53.0 Å². The summed E-state index contributed by atoms with van der Waals surface area (Å²) < 4.78 is 7.11. The lowest BCUT2D eigenvalue weighted by Gasteiger charge is -2.36. The molecule has 1 aliphatic heterocycles. The van der Waals surface area contributed by atoms with Crippen molar-refractivity contribution in [2.24, 2.45) is 0 Å². The molecule has 0 aliphatic carbocycles. The maximum atomic E-state index is 5.24. The van der Waals surface area contributed by atoms with Gasteiger partial charge in [0.1, 0.15) is 17.9 Å². The van der Waals surface area contributed by atoms with E-state index < -0.39 is 0 Å². The van der Waals surface area contributed by atoms with Gasteiger partial charge in [-0.1, -0.05) is 0 Å². The Hall–Kier alpha value is -3.09. The summed E-state index contributed by atoms with van der Waals surface area (Å²) in [5.74, 6) is 2.64. The van der Waals surface area contributed by atoms with E-state index >= 15 is 0 Å². The van der Waals surface area contributed by atoms with E-state index in [1.54, 1.807) is 13.4 Å². The van der Waals surface area contributed by atoms with Crippen LogP contribution in [0.2, 0.25) is 0 Å². The van der Waals surface area contributed by atoms with Crippen molar-refractivity contribution < 1.29 is 4.74 Å². The normalized spacial score (nSPS) is 14.5. The predicted molar refractivity (Wildman–Crippen MR) is 106 cm³/mol. The molecule has 4 rings (SSSR count). The molecule has 0 unspecified atom stereocenters. The molecule has 1 saturated heterocycles. The highest BCUT2D eigenvalue weighted by atomic mass is 16.5. The second-order valence-electron chi connectivity index (χ2n) is 6.75. The highest BCUT2D eigenvalue weighted by Gasteiger charge is 2.19. The molecule has 0 N–H and O–H groups in total. The van der Waals surface area contributed by atoms with Gasteiger partial charge in [-0.25, -0.2) is 14.6 Å². The fourth-order valence-corrected chi connectivity index (χ4v) is 3.47. The average Bonchev–Trinajstić information content (AvgIpc) is 3.06. The topological polar surface area (TPSA) is 59.3 Å². The van der Waals surface area contributed by atoms with Gasteiger partial charge in [-0.3, -0.25) is 0 Å². The summed E-state index contributed by atoms with van der Waals surface area (Å²) in [6.07, 6.45) is 1.62. The third kappa shape index (κ3) is 3.58. The van der Waals surface area contributed by atoms with E-state index in [0.29, 0.717) is 0 Å². The van der Waals surface area contributed by atoms with Crippen molar-refractivity contribution in [2.75, 3.05) is 43.1 Å². The molecule has 7 heteroatoms. The summed E-state index contributed by atoms with van der Waals surface area (Å²) in [4.78, 5) is 13.6. The number of hydrogen-bond donors (Lipinski definition) is 0. The third-order valence-electron chi connectivity index (χ3n) is 4.91. The molecule has 1 aromatic carbocycles. The zero-order valence-electron chi connectivity index (χ0n) is 16.0. The minimum absolute atomic E-state index is 0.809. The van der Waals surface area contributed by atoms with Crippen molar-refractivity contribution in [1.29, 1.82) is 0 Å². The number of anilines is 2. The Morgan fingerprint density at radius 1 is 0.852 bits per heavy atom. The molecule has 0 amide bonds. The van der Waals surface area contributed by atoms with Crippen molar-refractivity contribution in [3.05, 3.63) is 54.1 Å². The number of methoxy groups -OCH3 is 1. The minimum atomic E-state index is 0.809. The fraction of sp³-hybridized carbons (Fsp3) is 0.350. The third-order valence-corrected chi connectivity index (χ3v) is 4.91. The first kappa shape index (κ1) is 17.3. The molecule has 1 aliphatic rings. The number of piperazine rings is 1.